The summed E-state index contributed by atoms with van der Waals surface area (Å²) < 4.78 is 29.1. The molecular formula is C34H46FN5O3. The van der Waals surface area contributed by atoms with E-state index in [4.69, 9.17) is 14.5 Å². The van der Waals surface area contributed by atoms with Crippen molar-refractivity contribution >= 4 is 22.7 Å². The second kappa shape index (κ2) is 12.1. The Balaban J connectivity index is 1.24. The number of halogens is 1. The Morgan fingerprint density at radius 2 is 1.79 bits per heavy atom. The second-order valence-electron chi connectivity index (χ2n) is 13.6. The number of hydrogen-bond acceptors (Lipinski definition) is 6. The highest BCUT2D eigenvalue weighted by molar-refractivity contribution is 5.94. The summed E-state index contributed by atoms with van der Waals surface area (Å²) >= 11 is 0. The molecule has 0 radical (unpaired) electrons. The minimum atomic E-state index is -0.536. The first-order chi connectivity index (χ1) is 20.6. The van der Waals surface area contributed by atoms with Gasteiger partial charge in [0.2, 0.25) is 0 Å². The van der Waals surface area contributed by atoms with Crippen molar-refractivity contribution in [3.63, 3.8) is 0 Å². The van der Waals surface area contributed by atoms with E-state index in [1.165, 1.54) is 12.1 Å². The number of aryl methyl sites for hydroxylation is 1. The van der Waals surface area contributed by atoms with Crippen LogP contribution in [0.4, 0.5) is 14.9 Å². The van der Waals surface area contributed by atoms with Gasteiger partial charge in [-0.2, -0.15) is 0 Å². The zero-order valence-corrected chi connectivity index (χ0v) is 26.4. The number of carbonyl (C=O) groups excluding carboxylic acids is 1. The predicted octanol–water partition coefficient (Wildman–Crippen LogP) is 5.51. The van der Waals surface area contributed by atoms with Gasteiger partial charge < -0.3 is 23.8 Å². The zero-order valence-electron chi connectivity index (χ0n) is 26.4. The summed E-state index contributed by atoms with van der Waals surface area (Å²) in [6, 6.07) is 10.0. The highest BCUT2D eigenvalue weighted by atomic mass is 19.1. The minimum absolute atomic E-state index is 0.261. The largest absolute Gasteiger partial charge is 0.444 e. The standard InChI is InChI=1S/C34H46FN5O3/c1-23-18-25(23)19-26-21-31-28(22-27(37(31)5)8-9-38-14-16-42-17-15-38)32(36-26)24-6-7-30(29(35)20-24)39-10-12-40(13-11-39)33(41)43-34(2,3)4/h6-7,20-23,25H,8-19H2,1-5H3/t23?,25-/m1/s1. The average molecular weight is 592 g/mol. The van der Waals surface area contributed by atoms with Crippen LogP contribution in [-0.4, -0.2) is 90.1 Å². The summed E-state index contributed by atoms with van der Waals surface area (Å²) in [6.45, 7) is 14.5. The maximum Gasteiger partial charge on any atom is 0.410 e. The fourth-order valence-corrected chi connectivity index (χ4v) is 6.41. The van der Waals surface area contributed by atoms with Crippen LogP contribution in [0, 0.1) is 17.7 Å². The lowest BCUT2D eigenvalue weighted by Gasteiger charge is -2.36. The fourth-order valence-electron chi connectivity index (χ4n) is 6.41. The smallest absolute Gasteiger partial charge is 0.410 e. The number of benzene rings is 1. The molecule has 4 heterocycles. The number of morpholine rings is 1. The van der Waals surface area contributed by atoms with Crippen LogP contribution in [0.2, 0.25) is 0 Å². The van der Waals surface area contributed by atoms with Gasteiger partial charge in [-0.3, -0.25) is 9.88 Å². The number of amides is 1. The van der Waals surface area contributed by atoms with Crippen molar-refractivity contribution in [1.82, 2.24) is 19.4 Å². The fraction of sp³-hybridized carbons (Fsp3) is 0.588. The molecule has 3 aromatic rings. The highest BCUT2D eigenvalue weighted by Crippen LogP contribution is 2.41. The van der Waals surface area contributed by atoms with E-state index in [-0.39, 0.29) is 11.9 Å². The molecule has 2 aliphatic heterocycles. The van der Waals surface area contributed by atoms with Crippen molar-refractivity contribution in [3.05, 3.63) is 47.5 Å². The number of carbonyl (C=O) groups is 1. The van der Waals surface area contributed by atoms with Gasteiger partial charge in [-0.05, 0) is 69.7 Å². The van der Waals surface area contributed by atoms with Crippen LogP contribution in [0.15, 0.2) is 30.3 Å². The van der Waals surface area contributed by atoms with Gasteiger partial charge in [-0.25, -0.2) is 9.18 Å². The topological polar surface area (TPSA) is 63.1 Å². The summed E-state index contributed by atoms with van der Waals surface area (Å²) in [5.74, 6) is 1.16. The Bertz CT molecular complexity index is 1470. The quantitative estimate of drug-likeness (QED) is 0.361. The first-order valence-electron chi connectivity index (χ1n) is 15.9. The number of nitrogens with zero attached hydrogens (tertiary/aromatic N) is 5. The molecule has 232 valence electrons. The van der Waals surface area contributed by atoms with Crippen LogP contribution in [0.25, 0.3) is 22.2 Å². The summed E-state index contributed by atoms with van der Waals surface area (Å²) in [4.78, 5) is 23.8. The molecule has 0 N–H and O–H groups in total. The van der Waals surface area contributed by atoms with Crippen LogP contribution in [0.5, 0.6) is 0 Å². The Labute approximate surface area is 254 Å². The van der Waals surface area contributed by atoms with Crippen molar-refractivity contribution in [2.75, 3.05) is 63.9 Å². The lowest BCUT2D eigenvalue weighted by molar-refractivity contribution is 0.0240. The van der Waals surface area contributed by atoms with Gasteiger partial charge in [0.25, 0.3) is 0 Å². The van der Waals surface area contributed by atoms with Crippen LogP contribution in [-0.2, 0) is 29.4 Å². The first-order valence-corrected chi connectivity index (χ1v) is 15.9. The van der Waals surface area contributed by atoms with Crippen molar-refractivity contribution < 1.29 is 18.7 Å². The third kappa shape index (κ3) is 6.83. The number of hydrogen-bond donors (Lipinski definition) is 0. The van der Waals surface area contributed by atoms with E-state index in [0.29, 0.717) is 37.8 Å². The van der Waals surface area contributed by atoms with Crippen LogP contribution in [0.3, 0.4) is 0 Å². The molecular weight excluding hydrogens is 545 g/mol. The molecule has 1 aliphatic carbocycles. The van der Waals surface area contributed by atoms with E-state index in [0.717, 1.165) is 79.5 Å². The Morgan fingerprint density at radius 1 is 1.07 bits per heavy atom. The van der Waals surface area contributed by atoms with Crippen molar-refractivity contribution in [1.29, 1.82) is 0 Å². The Morgan fingerprint density at radius 3 is 2.44 bits per heavy atom. The van der Waals surface area contributed by atoms with Gasteiger partial charge in [0.1, 0.15) is 11.4 Å². The number of pyridine rings is 1. The molecule has 43 heavy (non-hydrogen) atoms. The minimum Gasteiger partial charge on any atom is -0.444 e. The summed E-state index contributed by atoms with van der Waals surface area (Å²) in [7, 11) is 2.14. The van der Waals surface area contributed by atoms with E-state index in [1.54, 1.807) is 11.0 Å². The number of ether oxygens (including phenoxy) is 2. The van der Waals surface area contributed by atoms with E-state index in [1.807, 2.05) is 37.8 Å². The normalized spacial score (nSPS) is 21.4. The Hall–Kier alpha value is -3.17. The molecule has 0 bridgehead atoms. The summed E-state index contributed by atoms with van der Waals surface area (Å²) in [5.41, 5.74) is 5.19. The van der Waals surface area contributed by atoms with Crippen LogP contribution in [0.1, 0.15) is 45.5 Å². The summed E-state index contributed by atoms with van der Waals surface area (Å²) in [5, 5.41) is 1.07. The molecule has 3 fully saturated rings. The molecule has 9 heteroatoms. The molecule has 2 saturated heterocycles. The van der Waals surface area contributed by atoms with Crippen LogP contribution < -0.4 is 4.90 Å². The maximum atomic E-state index is 15.8. The van der Waals surface area contributed by atoms with Crippen molar-refractivity contribution in [2.24, 2.45) is 18.9 Å². The zero-order chi connectivity index (χ0) is 30.3. The molecule has 2 aromatic heterocycles. The molecule has 1 amide bonds. The van der Waals surface area contributed by atoms with E-state index in [2.05, 4.69) is 35.6 Å². The molecule has 8 nitrogen and oxygen atoms in total. The molecule has 2 atom stereocenters. The van der Waals surface area contributed by atoms with E-state index < -0.39 is 5.60 Å². The van der Waals surface area contributed by atoms with Gasteiger partial charge in [0.15, 0.2) is 0 Å². The van der Waals surface area contributed by atoms with Gasteiger partial charge >= 0.3 is 6.09 Å². The maximum absolute atomic E-state index is 15.8. The molecule has 6 rings (SSSR count). The molecule has 3 aliphatic rings. The van der Waals surface area contributed by atoms with Crippen molar-refractivity contribution in [2.45, 2.75) is 52.6 Å². The van der Waals surface area contributed by atoms with Crippen molar-refractivity contribution in [3.8, 4) is 11.3 Å². The first kappa shape index (κ1) is 29.9. The van der Waals surface area contributed by atoms with E-state index in [9.17, 15) is 4.79 Å². The number of fused-ring (bicyclic) bond motifs is 1. The lowest BCUT2D eigenvalue weighted by Crippen LogP contribution is -2.50. The summed E-state index contributed by atoms with van der Waals surface area (Å²) in [6.07, 6.45) is 2.84. The number of rotatable bonds is 7. The SMILES string of the molecule is CC1C[C@@H]1Cc1cc2c(cc(CCN3CCOCC3)n2C)c(-c2ccc(N3CCN(C(=O)OC(C)(C)C)CC3)c(F)c2)n1. The van der Waals surface area contributed by atoms with Crippen LogP contribution >= 0.6 is 0 Å². The number of aromatic nitrogens is 2. The molecule has 1 saturated carbocycles. The predicted molar refractivity (Wildman–Crippen MR) is 168 cm³/mol. The van der Waals surface area contributed by atoms with Gasteiger partial charge in [0.05, 0.1) is 30.1 Å². The molecule has 0 spiro atoms. The third-order valence-corrected chi connectivity index (χ3v) is 9.22. The number of anilines is 1. The second-order valence-corrected chi connectivity index (χ2v) is 13.6. The van der Waals surface area contributed by atoms with E-state index >= 15 is 4.39 Å². The Kier molecular flexibility index (Phi) is 8.39. The lowest BCUT2D eigenvalue weighted by atomic mass is 10.0. The van der Waals surface area contributed by atoms with Gasteiger partial charge in [-0.15, -0.1) is 0 Å². The van der Waals surface area contributed by atoms with Gasteiger partial charge in [0, 0.05) is 81.6 Å². The third-order valence-electron chi connectivity index (χ3n) is 9.22. The highest BCUT2D eigenvalue weighted by Gasteiger charge is 2.33. The number of piperazine rings is 1. The molecule has 1 aromatic carbocycles. The average Bonchev–Trinajstić information content (AvgIpc) is 3.58. The molecule has 1 unspecified atom stereocenters. The van der Waals surface area contributed by atoms with Gasteiger partial charge in [-0.1, -0.05) is 13.0 Å². The monoisotopic (exact) mass is 591 g/mol.